The predicted molar refractivity (Wildman–Crippen MR) is 29.3 cm³/mol. The van der Waals surface area contributed by atoms with Crippen LogP contribution in [0.5, 0.6) is 0 Å². The van der Waals surface area contributed by atoms with Gasteiger partial charge in [-0.25, -0.2) is 5.32 Å². The average molecular weight is 133 g/mol. The van der Waals surface area contributed by atoms with E-state index in [2.05, 4.69) is 5.32 Å². The highest BCUT2D eigenvalue weighted by molar-refractivity contribution is 5.16. The number of hydrogen-bond donors (Lipinski definition) is 1. The van der Waals surface area contributed by atoms with Gasteiger partial charge in [0.15, 0.2) is 0 Å². The zero-order valence-electron chi connectivity index (χ0n) is 5.08. The van der Waals surface area contributed by atoms with Crippen molar-refractivity contribution in [1.29, 1.82) is 0 Å². The van der Waals surface area contributed by atoms with Gasteiger partial charge in [0.1, 0.15) is 5.54 Å². The highest BCUT2D eigenvalue weighted by atomic mass is 19.3. The summed E-state index contributed by atoms with van der Waals surface area (Å²) in [6, 6.07) is -2.52. The molecule has 1 saturated heterocycles. The molecule has 1 N–H and O–H groups in total. The highest BCUT2D eigenvalue weighted by Crippen LogP contribution is 2.52. The Bertz CT molecular complexity index is 132. The molecule has 1 aliphatic carbocycles. The molecule has 1 heterocycles. The number of alkyl halides is 2. The molecule has 2 aliphatic rings. The molecule has 0 aromatic rings. The third-order valence-electron chi connectivity index (χ3n) is 2.39. The van der Waals surface area contributed by atoms with Crippen LogP contribution in [0.3, 0.4) is 0 Å². The number of halogens is 2. The summed E-state index contributed by atoms with van der Waals surface area (Å²) in [4.78, 5) is 0. The molecule has 0 bridgehead atoms. The van der Waals surface area contributed by atoms with E-state index in [-0.39, 0.29) is 0 Å². The Morgan fingerprint density at radius 1 is 1.11 bits per heavy atom. The molecule has 52 valence electrons. The van der Waals surface area contributed by atoms with E-state index in [1.807, 2.05) is 0 Å². The SMILES string of the molecule is FC1(F)NC12CCCC2. The molecule has 1 saturated carbocycles. The van der Waals surface area contributed by atoms with E-state index < -0.39 is 11.6 Å². The van der Waals surface area contributed by atoms with Gasteiger partial charge in [-0.3, -0.25) is 0 Å². The molecule has 9 heavy (non-hydrogen) atoms. The molecule has 2 rings (SSSR count). The number of nitrogens with one attached hydrogen (secondary N) is 1. The molecule has 1 spiro atoms. The van der Waals surface area contributed by atoms with Gasteiger partial charge >= 0.3 is 6.05 Å². The fraction of sp³-hybridized carbons (Fsp3) is 1.00. The first-order valence-electron chi connectivity index (χ1n) is 3.34. The van der Waals surface area contributed by atoms with Gasteiger partial charge in [0.05, 0.1) is 0 Å². The minimum Gasteiger partial charge on any atom is -0.244 e. The molecule has 0 radical (unpaired) electrons. The van der Waals surface area contributed by atoms with Crippen molar-refractivity contribution < 1.29 is 8.78 Å². The van der Waals surface area contributed by atoms with E-state index >= 15 is 0 Å². The first-order valence-corrected chi connectivity index (χ1v) is 3.34. The third-order valence-corrected chi connectivity index (χ3v) is 2.39. The lowest BCUT2D eigenvalue weighted by molar-refractivity contribution is 0.0834. The second kappa shape index (κ2) is 1.29. The van der Waals surface area contributed by atoms with Crippen LogP contribution in [0, 0.1) is 0 Å². The maximum Gasteiger partial charge on any atom is 0.321 e. The lowest BCUT2D eigenvalue weighted by Gasteiger charge is -1.99. The second-order valence-electron chi connectivity index (χ2n) is 2.99. The molecule has 1 nitrogen and oxygen atoms in total. The Morgan fingerprint density at radius 3 is 1.78 bits per heavy atom. The summed E-state index contributed by atoms with van der Waals surface area (Å²) in [5.41, 5.74) is -0.743. The van der Waals surface area contributed by atoms with Gasteiger partial charge in [0, 0.05) is 0 Å². The largest absolute Gasteiger partial charge is 0.321 e. The second-order valence-corrected chi connectivity index (χ2v) is 2.99. The van der Waals surface area contributed by atoms with Crippen molar-refractivity contribution in [3.05, 3.63) is 0 Å². The van der Waals surface area contributed by atoms with Crippen molar-refractivity contribution in [1.82, 2.24) is 5.32 Å². The van der Waals surface area contributed by atoms with Crippen molar-refractivity contribution in [2.75, 3.05) is 0 Å². The standard InChI is InChI=1S/C6H9F2N/c7-6(8)5(9-6)3-1-2-4-5/h9H,1-4H2. The molecule has 2 fully saturated rings. The van der Waals surface area contributed by atoms with Crippen LogP contribution < -0.4 is 5.32 Å². The zero-order valence-corrected chi connectivity index (χ0v) is 5.08. The van der Waals surface area contributed by atoms with Crippen molar-refractivity contribution in [3.8, 4) is 0 Å². The van der Waals surface area contributed by atoms with Crippen LogP contribution in [0.25, 0.3) is 0 Å². The number of rotatable bonds is 0. The molecule has 0 amide bonds. The fourth-order valence-electron chi connectivity index (χ4n) is 1.69. The summed E-state index contributed by atoms with van der Waals surface area (Å²) in [5, 5.41) is 2.25. The molecule has 0 aromatic carbocycles. The minimum atomic E-state index is -2.52. The van der Waals surface area contributed by atoms with E-state index in [4.69, 9.17) is 0 Å². The van der Waals surface area contributed by atoms with Gasteiger partial charge in [0.25, 0.3) is 0 Å². The van der Waals surface area contributed by atoms with Crippen LogP contribution in [-0.4, -0.2) is 11.6 Å². The van der Waals surface area contributed by atoms with E-state index in [0.717, 1.165) is 12.8 Å². The van der Waals surface area contributed by atoms with Gasteiger partial charge in [-0.2, -0.15) is 8.78 Å². The molecule has 0 unspecified atom stereocenters. The minimum absolute atomic E-state index is 0.667. The van der Waals surface area contributed by atoms with Crippen molar-refractivity contribution in [2.45, 2.75) is 37.3 Å². The number of hydrogen-bond acceptors (Lipinski definition) is 1. The summed E-state index contributed by atoms with van der Waals surface area (Å²) < 4.78 is 24.8. The van der Waals surface area contributed by atoms with Gasteiger partial charge in [-0.1, -0.05) is 12.8 Å². The van der Waals surface area contributed by atoms with Gasteiger partial charge in [0.2, 0.25) is 0 Å². The van der Waals surface area contributed by atoms with Crippen LogP contribution in [-0.2, 0) is 0 Å². The summed E-state index contributed by atoms with van der Waals surface area (Å²) in [6.07, 6.45) is 3.26. The lowest BCUT2D eigenvalue weighted by Crippen LogP contribution is -2.13. The average Bonchev–Trinajstić information content (AvgIpc) is 2.27. The van der Waals surface area contributed by atoms with Crippen molar-refractivity contribution >= 4 is 0 Å². The third kappa shape index (κ3) is 0.556. The smallest absolute Gasteiger partial charge is 0.244 e. The summed E-state index contributed by atoms with van der Waals surface area (Å²) in [7, 11) is 0. The monoisotopic (exact) mass is 133 g/mol. The van der Waals surface area contributed by atoms with Crippen molar-refractivity contribution in [3.63, 3.8) is 0 Å². The summed E-state index contributed by atoms with van der Waals surface area (Å²) in [5.74, 6) is 0. The van der Waals surface area contributed by atoms with Crippen LogP contribution in [0.2, 0.25) is 0 Å². The molecular formula is C6H9F2N. The van der Waals surface area contributed by atoms with E-state index in [0.29, 0.717) is 12.8 Å². The fourth-order valence-corrected chi connectivity index (χ4v) is 1.69. The van der Waals surface area contributed by atoms with Crippen molar-refractivity contribution in [2.24, 2.45) is 0 Å². The van der Waals surface area contributed by atoms with E-state index in [9.17, 15) is 8.78 Å². The maximum absolute atomic E-state index is 12.4. The van der Waals surface area contributed by atoms with E-state index in [1.54, 1.807) is 0 Å². The predicted octanol–water partition coefficient (Wildman–Crippen LogP) is 1.50. The first kappa shape index (κ1) is 5.59. The normalized spacial score (nSPS) is 35.3. The molecular weight excluding hydrogens is 124 g/mol. The van der Waals surface area contributed by atoms with Crippen LogP contribution in [0.4, 0.5) is 8.78 Å². The van der Waals surface area contributed by atoms with Crippen LogP contribution >= 0.6 is 0 Å². The topological polar surface area (TPSA) is 21.9 Å². The van der Waals surface area contributed by atoms with Crippen LogP contribution in [0.15, 0.2) is 0 Å². The zero-order chi connectivity index (χ0) is 6.54. The van der Waals surface area contributed by atoms with Gasteiger partial charge in [-0.05, 0) is 12.8 Å². The summed E-state index contributed by atoms with van der Waals surface area (Å²) in [6.45, 7) is 0. The Hall–Kier alpha value is -0.180. The molecule has 1 aliphatic heterocycles. The molecule has 3 heteroatoms. The lowest BCUT2D eigenvalue weighted by atomic mass is 10.1. The van der Waals surface area contributed by atoms with Gasteiger partial charge < -0.3 is 0 Å². The summed E-state index contributed by atoms with van der Waals surface area (Å²) >= 11 is 0. The van der Waals surface area contributed by atoms with E-state index in [1.165, 1.54) is 0 Å². The quantitative estimate of drug-likeness (QED) is 0.392. The van der Waals surface area contributed by atoms with Gasteiger partial charge in [-0.15, -0.1) is 0 Å². The first-order chi connectivity index (χ1) is 4.16. The Morgan fingerprint density at radius 2 is 1.56 bits per heavy atom. The van der Waals surface area contributed by atoms with Crippen LogP contribution in [0.1, 0.15) is 25.7 Å². The Balaban J connectivity index is 2.13. The molecule has 0 atom stereocenters. The Labute approximate surface area is 52.4 Å². The maximum atomic E-state index is 12.4. The Kier molecular flexibility index (Phi) is 0.799. The highest BCUT2D eigenvalue weighted by Gasteiger charge is 2.70. The molecule has 0 aromatic heterocycles.